The second-order valence-electron chi connectivity index (χ2n) is 6.01. The number of carbonyl (C=O) groups excluding carboxylic acids is 1. The first kappa shape index (κ1) is 15.5. The van der Waals surface area contributed by atoms with Crippen molar-refractivity contribution < 1.29 is 9.32 Å². The molecule has 0 fully saturated rings. The van der Waals surface area contributed by atoms with Gasteiger partial charge in [0, 0.05) is 24.1 Å². The Bertz CT molecular complexity index is 758. The highest BCUT2D eigenvalue weighted by molar-refractivity contribution is 5.76. The molecule has 7 heteroatoms. The molecule has 3 rings (SSSR count). The van der Waals surface area contributed by atoms with Crippen molar-refractivity contribution in [3.05, 3.63) is 44.7 Å². The first-order chi connectivity index (χ1) is 11.0. The van der Waals surface area contributed by atoms with Gasteiger partial charge in [-0.25, -0.2) is 5.10 Å². The molecule has 0 saturated heterocycles. The lowest BCUT2D eigenvalue weighted by molar-refractivity contribution is -0.121. The third kappa shape index (κ3) is 3.49. The van der Waals surface area contributed by atoms with E-state index in [9.17, 15) is 9.59 Å². The van der Waals surface area contributed by atoms with Gasteiger partial charge in [-0.15, -0.1) is 0 Å². The summed E-state index contributed by atoms with van der Waals surface area (Å²) in [6, 6.07) is 1.63. The molecule has 2 heterocycles. The average Bonchev–Trinajstić information content (AvgIpc) is 2.83. The number of aromatic amines is 1. The van der Waals surface area contributed by atoms with Crippen LogP contribution in [0.4, 0.5) is 0 Å². The van der Waals surface area contributed by atoms with Gasteiger partial charge in [0.2, 0.25) is 5.91 Å². The number of carbonyl (C=O) groups is 1. The van der Waals surface area contributed by atoms with Gasteiger partial charge in [0.15, 0.2) is 0 Å². The van der Waals surface area contributed by atoms with Crippen molar-refractivity contribution in [2.45, 2.75) is 52.0 Å². The van der Waals surface area contributed by atoms with Crippen LogP contribution in [0.5, 0.6) is 0 Å². The number of amides is 1. The Morgan fingerprint density at radius 1 is 1.48 bits per heavy atom. The number of fused-ring (bicyclic) bond motifs is 1. The van der Waals surface area contributed by atoms with E-state index in [1.54, 1.807) is 6.07 Å². The molecule has 1 atom stereocenters. The summed E-state index contributed by atoms with van der Waals surface area (Å²) < 4.78 is 5.11. The topological polar surface area (TPSA) is 101 Å². The van der Waals surface area contributed by atoms with Gasteiger partial charge >= 0.3 is 0 Å². The molecule has 2 aromatic heterocycles. The van der Waals surface area contributed by atoms with E-state index in [4.69, 9.17) is 4.52 Å². The molecule has 122 valence electrons. The Balaban J connectivity index is 1.56. The summed E-state index contributed by atoms with van der Waals surface area (Å²) in [5.74, 6) is 0.781. The monoisotopic (exact) mass is 316 g/mol. The van der Waals surface area contributed by atoms with Crippen molar-refractivity contribution in [2.24, 2.45) is 0 Å². The third-order valence-electron chi connectivity index (χ3n) is 4.32. The third-order valence-corrected chi connectivity index (χ3v) is 4.32. The molecule has 0 aromatic carbocycles. The average molecular weight is 316 g/mol. The maximum atomic E-state index is 12.2. The molecule has 1 unspecified atom stereocenters. The van der Waals surface area contributed by atoms with Gasteiger partial charge in [0.25, 0.3) is 5.56 Å². The van der Waals surface area contributed by atoms with E-state index in [2.05, 4.69) is 20.7 Å². The maximum absolute atomic E-state index is 12.2. The van der Waals surface area contributed by atoms with Crippen LogP contribution in [0.25, 0.3) is 0 Å². The van der Waals surface area contributed by atoms with Crippen LogP contribution in [0.3, 0.4) is 0 Å². The van der Waals surface area contributed by atoms with Gasteiger partial charge < -0.3 is 9.84 Å². The molecule has 2 aromatic rings. The summed E-state index contributed by atoms with van der Waals surface area (Å²) in [6.07, 6.45) is 3.28. The number of nitrogens with one attached hydrogen (secondary N) is 2. The lowest BCUT2D eigenvalue weighted by Crippen LogP contribution is -2.39. The number of hydrogen-bond acceptors (Lipinski definition) is 5. The number of aryl methyl sites for hydroxylation is 3. The van der Waals surface area contributed by atoms with Crippen LogP contribution in [0.1, 0.15) is 41.1 Å². The highest BCUT2D eigenvalue weighted by Crippen LogP contribution is 2.18. The number of nitrogens with zero attached hydrogens (tertiary/aromatic N) is 2. The van der Waals surface area contributed by atoms with Gasteiger partial charge in [0.1, 0.15) is 5.76 Å². The van der Waals surface area contributed by atoms with Crippen LogP contribution in [0.2, 0.25) is 0 Å². The molecule has 0 radical (unpaired) electrons. The van der Waals surface area contributed by atoms with Crippen LogP contribution in [0, 0.1) is 13.8 Å². The Labute approximate surface area is 133 Å². The molecule has 1 amide bonds. The smallest absolute Gasteiger partial charge is 0.264 e. The Hall–Kier alpha value is -2.44. The van der Waals surface area contributed by atoms with Crippen LogP contribution < -0.4 is 10.9 Å². The summed E-state index contributed by atoms with van der Waals surface area (Å²) in [6.45, 7) is 3.74. The van der Waals surface area contributed by atoms with Crippen molar-refractivity contribution in [2.75, 3.05) is 0 Å². The summed E-state index contributed by atoms with van der Waals surface area (Å²) in [7, 11) is 0. The minimum Gasteiger partial charge on any atom is -0.361 e. The highest BCUT2D eigenvalue weighted by atomic mass is 16.5. The quantitative estimate of drug-likeness (QED) is 0.875. The zero-order valence-corrected chi connectivity index (χ0v) is 13.3. The highest BCUT2D eigenvalue weighted by Gasteiger charge is 2.22. The lowest BCUT2D eigenvalue weighted by atomic mass is 9.92. The fraction of sp³-hybridized carbons (Fsp3) is 0.500. The molecule has 2 N–H and O–H groups in total. The van der Waals surface area contributed by atoms with E-state index in [0.29, 0.717) is 19.3 Å². The van der Waals surface area contributed by atoms with Gasteiger partial charge in [-0.1, -0.05) is 5.16 Å². The normalized spacial score (nSPS) is 16.9. The van der Waals surface area contributed by atoms with E-state index in [1.807, 2.05) is 13.8 Å². The zero-order chi connectivity index (χ0) is 16.4. The fourth-order valence-corrected chi connectivity index (χ4v) is 3.06. The Kier molecular flexibility index (Phi) is 4.27. The number of aromatic nitrogens is 3. The van der Waals surface area contributed by atoms with E-state index in [0.717, 1.165) is 41.1 Å². The zero-order valence-electron chi connectivity index (χ0n) is 13.3. The predicted molar refractivity (Wildman–Crippen MR) is 83.1 cm³/mol. The SMILES string of the molecule is Cc1noc(C)c1CCC(=O)NC1CCc2n[nH]c(=O)cc2C1. The molecule has 0 bridgehead atoms. The summed E-state index contributed by atoms with van der Waals surface area (Å²) in [4.78, 5) is 23.5. The standard InChI is InChI=1S/C16H20N4O3/c1-9-13(10(2)23-20-9)4-6-15(21)17-12-3-5-14-11(7-12)8-16(22)19-18-14/h8,12H,3-7H2,1-2H3,(H,17,21)(H,19,22). The molecule has 23 heavy (non-hydrogen) atoms. The second-order valence-corrected chi connectivity index (χ2v) is 6.01. The van der Waals surface area contributed by atoms with Gasteiger partial charge in [-0.05, 0) is 45.1 Å². The molecule has 0 saturated carbocycles. The molecule has 1 aliphatic rings. The maximum Gasteiger partial charge on any atom is 0.264 e. The summed E-state index contributed by atoms with van der Waals surface area (Å²) >= 11 is 0. The summed E-state index contributed by atoms with van der Waals surface area (Å²) in [5, 5.41) is 13.5. The number of H-pyrrole nitrogens is 1. The number of rotatable bonds is 4. The van der Waals surface area contributed by atoms with Gasteiger partial charge in [-0.2, -0.15) is 5.10 Å². The Morgan fingerprint density at radius 3 is 3.04 bits per heavy atom. The summed E-state index contributed by atoms with van der Waals surface area (Å²) in [5.41, 5.74) is 3.49. The number of hydrogen-bond donors (Lipinski definition) is 2. The van der Waals surface area contributed by atoms with Gasteiger partial charge in [-0.3, -0.25) is 9.59 Å². The molecule has 1 aliphatic carbocycles. The molecule has 7 nitrogen and oxygen atoms in total. The van der Waals surface area contributed by atoms with Crippen molar-refractivity contribution in [3.63, 3.8) is 0 Å². The van der Waals surface area contributed by atoms with Crippen molar-refractivity contribution in [3.8, 4) is 0 Å². The van der Waals surface area contributed by atoms with Crippen molar-refractivity contribution in [1.82, 2.24) is 20.7 Å². The lowest BCUT2D eigenvalue weighted by Gasteiger charge is -2.24. The van der Waals surface area contributed by atoms with Crippen molar-refractivity contribution >= 4 is 5.91 Å². The minimum absolute atomic E-state index is 0.0104. The molecular weight excluding hydrogens is 296 g/mol. The van der Waals surface area contributed by atoms with Crippen LogP contribution in [-0.2, 0) is 24.1 Å². The van der Waals surface area contributed by atoms with Crippen LogP contribution in [-0.4, -0.2) is 27.3 Å². The van der Waals surface area contributed by atoms with E-state index in [1.165, 1.54) is 0 Å². The fourth-order valence-electron chi connectivity index (χ4n) is 3.06. The second kappa shape index (κ2) is 6.36. The molecule has 0 spiro atoms. The Morgan fingerprint density at radius 2 is 2.30 bits per heavy atom. The first-order valence-corrected chi connectivity index (χ1v) is 7.81. The van der Waals surface area contributed by atoms with E-state index >= 15 is 0 Å². The van der Waals surface area contributed by atoms with E-state index in [-0.39, 0.29) is 17.5 Å². The predicted octanol–water partition coefficient (Wildman–Crippen LogP) is 0.981. The molecule has 0 aliphatic heterocycles. The van der Waals surface area contributed by atoms with Crippen molar-refractivity contribution in [1.29, 1.82) is 0 Å². The van der Waals surface area contributed by atoms with Crippen LogP contribution in [0.15, 0.2) is 15.4 Å². The first-order valence-electron chi connectivity index (χ1n) is 7.81. The largest absolute Gasteiger partial charge is 0.361 e. The van der Waals surface area contributed by atoms with Gasteiger partial charge in [0.05, 0.1) is 11.4 Å². The molecular formula is C16H20N4O3. The minimum atomic E-state index is -0.200. The van der Waals surface area contributed by atoms with E-state index < -0.39 is 0 Å². The van der Waals surface area contributed by atoms with Crippen LogP contribution >= 0.6 is 0 Å².